The van der Waals surface area contributed by atoms with Crippen LogP contribution < -0.4 is 5.32 Å². The van der Waals surface area contributed by atoms with Crippen LogP contribution in [0.4, 0.5) is 0 Å². The highest BCUT2D eigenvalue weighted by Crippen LogP contribution is 2.66. The van der Waals surface area contributed by atoms with Crippen LogP contribution in [0.25, 0.3) is 0 Å². The Labute approximate surface area is 242 Å². The number of ketones is 1. The van der Waals surface area contributed by atoms with Gasteiger partial charge in [0.05, 0.1) is 12.8 Å². The first kappa shape index (κ1) is 29.3. The van der Waals surface area contributed by atoms with Gasteiger partial charge < -0.3 is 20.0 Å². The number of nitrogens with zero attached hydrogens (tertiary/aromatic N) is 1. The third-order valence-corrected chi connectivity index (χ3v) is 11.0. The lowest BCUT2D eigenvalue weighted by Crippen LogP contribution is -2.51. The quantitative estimate of drug-likeness (QED) is 0.334. The zero-order chi connectivity index (χ0) is 29.4. The van der Waals surface area contributed by atoms with E-state index in [0.717, 1.165) is 43.4 Å². The van der Waals surface area contributed by atoms with Gasteiger partial charge in [-0.2, -0.15) is 0 Å². The standard InChI is InChI=1S/C33H44N2O6/c1-20(36)26-11-12-27-25-10-7-22-18-23(13-15-32(22,2)28(25)14-16-33(26,27)3)35-41-19-30(38)34-29(31(39)40-4)17-21-5-8-24(37)9-6-21/h5-6,8-9,18,25-29,37H,7,10-17,19H2,1-4H3,(H,34,38)/b35-23-/t25?,26?,27?,28?,29?,32-,33+/m0/s1. The second-order valence-corrected chi connectivity index (χ2v) is 13.2. The number of amides is 1. The Bertz CT molecular complexity index is 1240. The lowest BCUT2D eigenvalue weighted by atomic mass is 9.46. The summed E-state index contributed by atoms with van der Waals surface area (Å²) in [5.41, 5.74) is 3.39. The molecule has 1 aromatic carbocycles. The van der Waals surface area contributed by atoms with Crippen molar-refractivity contribution in [1.29, 1.82) is 0 Å². The van der Waals surface area contributed by atoms with Crippen molar-refractivity contribution in [2.45, 2.75) is 84.6 Å². The Hall–Kier alpha value is -3.16. The predicted molar refractivity (Wildman–Crippen MR) is 155 cm³/mol. The molecule has 0 bridgehead atoms. The summed E-state index contributed by atoms with van der Waals surface area (Å²) < 4.78 is 4.86. The molecule has 7 atom stereocenters. The Morgan fingerprint density at radius 2 is 1.80 bits per heavy atom. The van der Waals surface area contributed by atoms with E-state index in [9.17, 15) is 19.5 Å². The van der Waals surface area contributed by atoms with Gasteiger partial charge in [-0.05, 0) is 111 Å². The van der Waals surface area contributed by atoms with Gasteiger partial charge in [0.1, 0.15) is 17.6 Å². The van der Waals surface area contributed by atoms with Gasteiger partial charge in [0, 0.05) is 12.3 Å². The molecule has 0 aromatic heterocycles. The summed E-state index contributed by atoms with van der Waals surface area (Å²) in [6.45, 7) is 6.31. The topological polar surface area (TPSA) is 114 Å². The molecule has 1 aromatic rings. The number of hydrogen-bond acceptors (Lipinski definition) is 7. The van der Waals surface area contributed by atoms with E-state index < -0.39 is 17.9 Å². The number of fused-ring (bicyclic) bond motifs is 5. The Balaban J connectivity index is 1.19. The van der Waals surface area contributed by atoms with Crippen LogP contribution in [0, 0.1) is 34.5 Å². The number of benzene rings is 1. The molecule has 5 unspecified atom stereocenters. The van der Waals surface area contributed by atoms with Crippen LogP contribution in [0.3, 0.4) is 0 Å². The van der Waals surface area contributed by atoms with Crippen molar-refractivity contribution in [3.63, 3.8) is 0 Å². The molecule has 4 aliphatic carbocycles. The van der Waals surface area contributed by atoms with Crippen LogP contribution >= 0.6 is 0 Å². The van der Waals surface area contributed by atoms with E-state index in [-0.39, 0.29) is 35.5 Å². The number of carbonyl (C=O) groups is 3. The number of phenols is 1. The van der Waals surface area contributed by atoms with Gasteiger partial charge in [-0.3, -0.25) is 9.59 Å². The zero-order valence-electron chi connectivity index (χ0n) is 24.8. The van der Waals surface area contributed by atoms with E-state index in [4.69, 9.17) is 9.57 Å². The highest BCUT2D eigenvalue weighted by molar-refractivity contribution is 5.96. The monoisotopic (exact) mass is 564 g/mol. The van der Waals surface area contributed by atoms with E-state index in [0.29, 0.717) is 23.5 Å². The van der Waals surface area contributed by atoms with Gasteiger partial charge in [0.15, 0.2) is 6.61 Å². The number of oxime groups is 1. The van der Waals surface area contributed by atoms with Crippen molar-refractivity contribution in [3.8, 4) is 5.75 Å². The number of carbonyl (C=O) groups excluding carboxylic acids is 3. The number of phenolic OH excluding ortho intramolecular Hbond substituents is 1. The smallest absolute Gasteiger partial charge is 0.328 e. The first-order valence-electron chi connectivity index (χ1n) is 15.1. The normalized spacial score (nSPS) is 34.0. The molecule has 5 rings (SSSR count). The number of rotatable bonds is 8. The van der Waals surface area contributed by atoms with Gasteiger partial charge in [-0.1, -0.05) is 36.7 Å². The molecule has 8 nitrogen and oxygen atoms in total. The van der Waals surface area contributed by atoms with Gasteiger partial charge >= 0.3 is 5.97 Å². The van der Waals surface area contributed by atoms with Crippen molar-refractivity contribution in [2.24, 2.45) is 39.7 Å². The van der Waals surface area contributed by atoms with Gasteiger partial charge in [-0.15, -0.1) is 0 Å². The molecule has 0 saturated heterocycles. The molecule has 8 heteroatoms. The summed E-state index contributed by atoms with van der Waals surface area (Å²) in [5.74, 6) is 1.70. The zero-order valence-corrected chi connectivity index (χ0v) is 24.8. The lowest BCUT2D eigenvalue weighted by Gasteiger charge is -2.58. The number of methoxy groups -OCH3 is 1. The fraction of sp³-hybridized carbons (Fsp3) is 0.636. The van der Waals surface area contributed by atoms with Crippen molar-refractivity contribution in [2.75, 3.05) is 13.7 Å². The van der Waals surface area contributed by atoms with Crippen LogP contribution in [-0.2, 0) is 30.4 Å². The Morgan fingerprint density at radius 3 is 2.51 bits per heavy atom. The molecule has 0 heterocycles. The van der Waals surface area contributed by atoms with Crippen LogP contribution in [0.15, 0.2) is 41.1 Å². The number of aromatic hydroxyl groups is 1. The lowest BCUT2D eigenvalue weighted by molar-refractivity contribution is -0.145. The average Bonchev–Trinajstić information content (AvgIpc) is 3.31. The third kappa shape index (κ3) is 5.67. The number of nitrogens with one attached hydrogen (secondary N) is 1. The molecular weight excluding hydrogens is 520 g/mol. The molecule has 3 fully saturated rings. The van der Waals surface area contributed by atoms with Crippen LogP contribution in [0.5, 0.6) is 5.75 Å². The minimum Gasteiger partial charge on any atom is -0.508 e. The third-order valence-electron chi connectivity index (χ3n) is 11.0. The van der Waals surface area contributed by atoms with E-state index in [2.05, 4.69) is 30.4 Å². The maximum atomic E-state index is 12.6. The Morgan fingerprint density at radius 1 is 1.05 bits per heavy atom. The fourth-order valence-electron chi connectivity index (χ4n) is 8.92. The summed E-state index contributed by atoms with van der Waals surface area (Å²) >= 11 is 0. The van der Waals surface area contributed by atoms with Gasteiger partial charge in [0.25, 0.3) is 5.91 Å². The maximum Gasteiger partial charge on any atom is 0.328 e. The first-order chi connectivity index (χ1) is 19.5. The van der Waals surface area contributed by atoms with E-state index in [1.165, 1.54) is 44.1 Å². The van der Waals surface area contributed by atoms with Crippen molar-refractivity contribution in [3.05, 3.63) is 41.5 Å². The molecule has 0 radical (unpaired) electrons. The summed E-state index contributed by atoms with van der Waals surface area (Å²) in [5, 5.41) is 16.5. The maximum absolute atomic E-state index is 12.6. The molecule has 4 aliphatic rings. The molecule has 3 saturated carbocycles. The van der Waals surface area contributed by atoms with Crippen LogP contribution in [-0.4, -0.2) is 48.2 Å². The second kappa shape index (κ2) is 11.6. The van der Waals surface area contributed by atoms with Crippen molar-refractivity contribution in [1.82, 2.24) is 5.32 Å². The molecule has 0 aliphatic heterocycles. The fourth-order valence-corrected chi connectivity index (χ4v) is 8.92. The molecule has 2 N–H and O–H groups in total. The number of allylic oxidation sites excluding steroid dienone is 2. The second-order valence-electron chi connectivity index (χ2n) is 13.2. The highest BCUT2D eigenvalue weighted by atomic mass is 16.6. The average molecular weight is 565 g/mol. The van der Waals surface area contributed by atoms with E-state index in [1.54, 1.807) is 19.1 Å². The minimum atomic E-state index is -0.871. The van der Waals surface area contributed by atoms with Gasteiger partial charge in [0.2, 0.25) is 0 Å². The Kier molecular flexibility index (Phi) is 8.31. The molecule has 1 amide bonds. The molecule has 222 valence electrons. The SMILES string of the molecule is COC(=O)C(Cc1ccc(O)cc1)NC(=O)CO/N=C1\C=C2CCC3C4CCC(C(C)=O)[C@@]4(C)CCC3[C@@]2(C)CC1. The summed E-state index contributed by atoms with van der Waals surface area (Å²) in [6.07, 6.45) is 11.0. The number of hydrogen-bond donors (Lipinski definition) is 2. The van der Waals surface area contributed by atoms with Crippen LogP contribution in [0.1, 0.15) is 77.7 Å². The first-order valence-corrected chi connectivity index (χ1v) is 15.1. The van der Waals surface area contributed by atoms with Crippen molar-refractivity contribution >= 4 is 23.4 Å². The largest absolute Gasteiger partial charge is 0.508 e. The number of ether oxygens (including phenoxy) is 1. The summed E-state index contributed by atoms with van der Waals surface area (Å²) in [4.78, 5) is 42.7. The molecular formula is C33H44N2O6. The van der Waals surface area contributed by atoms with Crippen LogP contribution in [0.2, 0.25) is 0 Å². The van der Waals surface area contributed by atoms with Gasteiger partial charge in [-0.25, -0.2) is 4.79 Å². The molecule has 0 spiro atoms. The van der Waals surface area contributed by atoms with E-state index >= 15 is 0 Å². The summed E-state index contributed by atoms with van der Waals surface area (Å²) in [6, 6.07) is 5.58. The summed E-state index contributed by atoms with van der Waals surface area (Å²) in [7, 11) is 1.28. The highest BCUT2D eigenvalue weighted by Gasteiger charge is 2.59. The number of Topliss-reactive ketones (excluding diaryl/α,β-unsaturated/α-hetero) is 1. The molecule has 41 heavy (non-hydrogen) atoms. The minimum absolute atomic E-state index is 0.129. The number of esters is 1. The van der Waals surface area contributed by atoms with Crippen molar-refractivity contribution < 1.29 is 29.1 Å². The predicted octanol–water partition coefficient (Wildman–Crippen LogP) is 5.13. The van der Waals surface area contributed by atoms with E-state index in [1.807, 2.05) is 0 Å².